The topological polar surface area (TPSA) is 25.2 Å². The molecule has 98 valence electrons. The van der Waals surface area contributed by atoms with E-state index in [-0.39, 0.29) is 0 Å². The SMILES string of the molecule is CCCNC(CCC(C)C)c1ccc(CC)o1. The van der Waals surface area contributed by atoms with Crippen molar-refractivity contribution in [1.82, 2.24) is 5.32 Å². The Morgan fingerprint density at radius 3 is 2.47 bits per heavy atom. The van der Waals surface area contributed by atoms with Crippen molar-refractivity contribution in [3.8, 4) is 0 Å². The van der Waals surface area contributed by atoms with E-state index in [1.54, 1.807) is 0 Å². The molecule has 2 heteroatoms. The minimum Gasteiger partial charge on any atom is -0.464 e. The number of hydrogen-bond donors (Lipinski definition) is 1. The molecule has 1 aromatic rings. The average Bonchev–Trinajstić information content (AvgIpc) is 2.77. The van der Waals surface area contributed by atoms with Gasteiger partial charge in [-0.05, 0) is 43.9 Å². The lowest BCUT2D eigenvalue weighted by molar-refractivity contribution is 0.360. The van der Waals surface area contributed by atoms with Gasteiger partial charge in [-0.3, -0.25) is 0 Å². The van der Waals surface area contributed by atoms with Gasteiger partial charge in [0.05, 0.1) is 6.04 Å². The second-order valence-electron chi connectivity index (χ2n) is 5.14. The van der Waals surface area contributed by atoms with Crippen molar-refractivity contribution in [2.24, 2.45) is 5.92 Å². The molecule has 0 amide bonds. The summed E-state index contributed by atoms with van der Waals surface area (Å²) < 4.78 is 5.86. The lowest BCUT2D eigenvalue weighted by Gasteiger charge is -2.17. The minimum atomic E-state index is 0.387. The third kappa shape index (κ3) is 4.95. The smallest absolute Gasteiger partial charge is 0.121 e. The van der Waals surface area contributed by atoms with E-state index >= 15 is 0 Å². The van der Waals surface area contributed by atoms with Crippen LogP contribution in [0.15, 0.2) is 16.5 Å². The van der Waals surface area contributed by atoms with Gasteiger partial charge in [-0.15, -0.1) is 0 Å². The molecule has 17 heavy (non-hydrogen) atoms. The van der Waals surface area contributed by atoms with Gasteiger partial charge in [0.25, 0.3) is 0 Å². The van der Waals surface area contributed by atoms with Gasteiger partial charge in [-0.25, -0.2) is 0 Å². The number of rotatable bonds is 8. The van der Waals surface area contributed by atoms with Gasteiger partial charge in [-0.1, -0.05) is 27.7 Å². The third-order valence-corrected chi connectivity index (χ3v) is 3.05. The highest BCUT2D eigenvalue weighted by Gasteiger charge is 2.15. The van der Waals surface area contributed by atoms with Crippen molar-refractivity contribution in [1.29, 1.82) is 0 Å². The summed E-state index contributed by atoms with van der Waals surface area (Å²) in [5, 5.41) is 3.58. The molecule has 1 heterocycles. The van der Waals surface area contributed by atoms with E-state index < -0.39 is 0 Å². The van der Waals surface area contributed by atoms with Crippen LogP contribution in [0.5, 0.6) is 0 Å². The summed E-state index contributed by atoms with van der Waals surface area (Å²) in [6, 6.07) is 4.62. The number of furan rings is 1. The van der Waals surface area contributed by atoms with E-state index in [2.05, 4.69) is 45.1 Å². The Balaban J connectivity index is 2.60. The van der Waals surface area contributed by atoms with Crippen molar-refractivity contribution in [2.75, 3.05) is 6.54 Å². The summed E-state index contributed by atoms with van der Waals surface area (Å²) in [6.07, 6.45) is 4.54. The maximum Gasteiger partial charge on any atom is 0.121 e. The monoisotopic (exact) mass is 237 g/mol. The number of nitrogens with one attached hydrogen (secondary N) is 1. The molecule has 1 atom stereocenters. The number of aryl methyl sites for hydroxylation is 1. The zero-order chi connectivity index (χ0) is 12.7. The molecule has 0 saturated carbocycles. The van der Waals surface area contributed by atoms with Crippen molar-refractivity contribution < 1.29 is 4.42 Å². The van der Waals surface area contributed by atoms with E-state index in [1.807, 2.05) is 0 Å². The van der Waals surface area contributed by atoms with Crippen molar-refractivity contribution in [2.45, 2.75) is 59.4 Å². The molecular weight excluding hydrogens is 210 g/mol. The average molecular weight is 237 g/mol. The molecule has 0 bridgehead atoms. The lowest BCUT2D eigenvalue weighted by atomic mass is 10.0. The van der Waals surface area contributed by atoms with Crippen LogP contribution in [0.1, 0.15) is 64.5 Å². The third-order valence-electron chi connectivity index (χ3n) is 3.05. The van der Waals surface area contributed by atoms with Gasteiger partial charge >= 0.3 is 0 Å². The van der Waals surface area contributed by atoms with E-state index in [1.165, 1.54) is 12.8 Å². The number of hydrogen-bond acceptors (Lipinski definition) is 2. The van der Waals surface area contributed by atoms with Crippen LogP contribution in [-0.2, 0) is 6.42 Å². The van der Waals surface area contributed by atoms with Gasteiger partial charge in [-0.2, -0.15) is 0 Å². The molecule has 0 saturated heterocycles. The Morgan fingerprint density at radius 2 is 1.94 bits per heavy atom. The Labute approximate surface area is 106 Å². The molecule has 0 aromatic carbocycles. The summed E-state index contributed by atoms with van der Waals surface area (Å²) in [5.74, 6) is 2.95. The largest absolute Gasteiger partial charge is 0.464 e. The first-order valence-electron chi connectivity index (χ1n) is 6.99. The zero-order valence-electron chi connectivity index (χ0n) is 11.8. The van der Waals surface area contributed by atoms with Crippen LogP contribution in [0.2, 0.25) is 0 Å². The highest BCUT2D eigenvalue weighted by atomic mass is 16.3. The van der Waals surface area contributed by atoms with Crippen molar-refractivity contribution >= 4 is 0 Å². The maximum atomic E-state index is 5.86. The molecule has 2 nitrogen and oxygen atoms in total. The molecule has 0 spiro atoms. The molecular formula is C15H27NO. The van der Waals surface area contributed by atoms with Crippen molar-refractivity contribution in [3.05, 3.63) is 23.7 Å². The highest BCUT2D eigenvalue weighted by molar-refractivity contribution is 5.10. The fraction of sp³-hybridized carbons (Fsp3) is 0.733. The van der Waals surface area contributed by atoms with Gasteiger partial charge in [0.2, 0.25) is 0 Å². The van der Waals surface area contributed by atoms with E-state index in [4.69, 9.17) is 4.42 Å². The van der Waals surface area contributed by atoms with Crippen LogP contribution in [-0.4, -0.2) is 6.54 Å². The second kappa shape index (κ2) is 7.54. The molecule has 0 aliphatic heterocycles. The predicted molar refractivity (Wildman–Crippen MR) is 73.2 cm³/mol. The van der Waals surface area contributed by atoms with E-state index in [0.717, 1.165) is 36.8 Å². The summed E-state index contributed by atoms with van der Waals surface area (Å²) >= 11 is 0. The van der Waals surface area contributed by atoms with Crippen LogP contribution in [0.4, 0.5) is 0 Å². The summed E-state index contributed by atoms with van der Waals surface area (Å²) in [7, 11) is 0. The molecule has 0 aliphatic rings. The van der Waals surface area contributed by atoms with Crippen LogP contribution in [0, 0.1) is 5.92 Å². The van der Waals surface area contributed by atoms with Gasteiger partial charge in [0.1, 0.15) is 11.5 Å². The molecule has 1 aromatic heterocycles. The fourth-order valence-electron chi connectivity index (χ4n) is 1.94. The predicted octanol–water partition coefficient (Wildman–Crippen LogP) is 4.32. The molecule has 1 unspecified atom stereocenters. The van der Waals surface area contributed by atoms with Crippen LogP contribution in [0.3, 0.4) is 0 Å². The molecule has 0 fully saturated rings. The Kier molecular flexibility index (Phi) is 6.35. The minimum absolute atomic E-state index is 0.387. The van der Waals surface area contributed by atoms with E-state index in [9.17, 15) is 0 Å². The van der Waals surface area contributed by atoms with Gasteiger partial charge in [0, 0.05) is 6.42 Å². The normalized spacial score (nSPS) is 13.2. The first-order chi connectivity index (χ1) is 8.17. The summed E-state index contributed by atoms with van der Waals surface area (Å²) in [6.45, 7) is 9.94. The second-order valence-corrected chi connectivity index (χ2v) is 5.14. The van der Waals surface area contributed by atoms with Crippen LogP contribution in [0.25, 0.3) is 0 Å². The summed E-state index contributed by atoms with van der Waals surface area (Å²) in [4.78, 5) is 0. The molecule has 0 aliphatic carbocycles. The lowest BCUT2D eigenvalue weighted by Crippen LogP contribution is -2.22. The van der Waals surface area contributed by atoms with Gasteiger partial charge < -0.3 is 9.73 Å². The van der Waals surface area contributed by atoms with Crippen LogP contribution >= 0.6 is 0 Å². The molecule has 1 N–H and O–H groups in total. The Morgan fingerprint density at radius 1 is 1.18 bits per heavy atom. The van der Waals surface area contributed by atoms with Gasteiger partial charge in [0.15, 0.2) is 0 Å². The van der Waals surface area contributed by atoms with Crippen molar-refractivity contribution in [3.63, 3.8) is 0 Å². The zero-order valence-corrected chi connectivity index (χ0v) is 11.8. The maximum absolute atomic E-state index is 5.86. The van der Waals surface area contributed by atoms with E-state index in [0.29, 0.717) is 6.04 Å². The Bertz CT molecular complexity index is 304. The Hall–Kier alpha value is -0.760. The first kappa shape index (κ1) is 14.3. The standard InChI is InChI=1S/C15H27NO/c1-5-11-16-14(9-7-12(3)4)15-10-8-13(6-2)17-15/h8,10,12,14,16H,5-7,9,11H2,1-4H3. The highest BCUT2D eigenvalue weighted by Crippen LogP contribution is 2.23. The first-order valence-corrected chi connectivity index (χ1v) is 6.99. The molecule has 0 radical (unpaired) electrons. The molecule has 1 rings (SSSR count). The fourth-order valence-corrected chi connectivity index (χ4v) is 1.94. The quantitative estimate of drug-likeness (QED) is 0.728. The summed E-state index contributed by atoms with van der Waals surface area (Å²) in [5.41, 5.74) is 0. The van der Waals surface area contributed by atoms with Crippen LogP contribution < -0.4 is 5.32 Å².